The quantitative estimate of drug-likeness (QED) is 0.614. The Labute approximate surface area is 80.3 Å². The number of rotatable bonds is 6. The summed E-state index contributed by atoms with van der Waals surface area (Å²) in [6.07, 6.45) is 1.64. The van der Waals surface area contributed by atoms with E-state index < -0.39 is 0 Å². The van der Waals surface area contributed by atoms with Gasteiger partial charge in [0.2, 0.25) is 0 Å². The van der Waals surface area contributed by atoms with Gasteiger partial charge in [-0.05, 0) is 19.9 Å². The molecule has 2 N–H and O–H groups in total. The van der Waals surface area contributed by atoms with Gasteiger partial charge >= 0.3 is 0 Å². The van der Waals surface area contributed by atoms with Crippen molar-refractivity contribution in [3.63, 3.8) is 0 Å². The summed E-state index contributed by atoms with van der Waals surface area (Å²) in [6.45, 7) is 2.33. The normalized spacial score (nSPS) is 9.82. The van der Waals surface area contributed by atoms with E-state index in [0.29, 0.717) is 0 Å². The van der Waals surface area contributed by atoms with Gasteiger partial charge in [0.25, 0.3) is 0 Å². The maximum Gasteiger partial charge on any atom is 0.0443 e. The van der Waals surface area contributed by atoms with Crippen LogP contribution in [0.3, 0.4) is 0 Å². The minimum absolute atomic E-state index is 0. The average Bonchev–Trinajstić information content (AvgIpc) is 1.97. The molecule has 0 spiro atoms. The molecule has 0 aliphatic heterocycles. The third-order valence-electron chi connectivity index (χ3n) is 1.40. The summed E-state index contributed by atoms with van der Waals surface area (Å²) >= 11 is 0. The Morgan fingerprint density at radius 2 is 1.36 bits per heavy atom. The molecule has 0 rings (SSSR count). The Morgan fingerprint density at radius 3 is 1.64 bits per heavy atom. The summed E-state index contributed by atoms with van der Waals surface area (Å²) in [5, 5.41) is 16.9. The molecule has 0 heterocycles. The minimum Gasteiger partial charge on any atom is -0.396 e. The first-order valence-electron chi connectivity index (χ1n) is 3.71. The number of aliphatic hydroxyl groups is 2. The summed E-state index contributed by atoms with van der Waals surface area (Å²) in [4.78, 5) is 2.10. The van der Waals surface area contributed by atoms with Gasteiger partial charge in [-0.25, -0.2) is 0 Å². The number of aliphatic hydroxyl groups excluding tert-OH is 2. The summed E-state index contributed by atoms with van der Waals surface area (Å²) in [5.74, 6) is 0. The van der Waals surface area contributed by atoms with Crippen LogP contribution in [0.5, 0.6) is 0 Å². The van der Waals surface area contributed by atoms with Crippen molar-refractivity contribution in [2.45, 2.75) is 12.8 Å². The summed E-state index contributed by atoms with van der Waals surface area (Å²) in [6, 6.07) is 0. The molecule has 0 aliphatic carbocycles. The summed E-state index contributed by atoms with van der Waals surface area (Å²) in [5.41, 5.74) is 0. The molecule has 0 bridgehead atoms. The second-order valence-electron chi connectivity index (χ2n) is 2.46. The van der Waals surface area contributed by atoms with Gasteiger partial charge in [0.05, 0.1) is 0 Å². The molecule has 0 aromatic heterocycles. The van der Waals surface area contributed by atoms with Gasteiger partial charge in [0.15, 0.2) is 0 Å². The Hall–Kier alpha value is 0.464. The molecule has 4 heteroatoms. The maximum absolute atomic E-state index is 8.46. The molecule has 0 unspecified atom stereocenters. The second-order valence-corrected chi connectivity index (χ2v) is 2.46. The maximum atomic E-state index is 8.46. The van der Waals surface area contributed by atoms with Crippen molar-refractivity contribution in [2.24, 2.45) is 0 Å². The fourth-order valence-electron chi connectivity index (χ4n) is 0.793. The number of hydrogen-bond donors (Lipinski definition) is 2. The zero-order valence-electron chi connectivity index (χ0n) is 7.03. The van der Waals surface area contributed by atoms with Crippen LogP contribution in [0.25, 0.3) is 0 Å². The summed E-state index contributed by atoms with van der Waals surface area (Å²) < 4.78 is 0. The van der Waals surface area contributed by atoms with Crippen LogP contribution >= 0.6 is 0 Å². The monoisotopic (exact) mass is 198 g/mol. The van der Waals surface area contributed by atoms with Crippen LogP contribution < -0.4 is 0 Å². The molecule has 3 nitrogen and oxygen atoms in total. The largest absolute Gasteiger partial charge is 0.396 e. The predicted octanol–water partition coefficient (Wildman–Crippen LogP) is -0.319. The second kappa shape index (κ2) is 10.5. The van der Waals surface area contributed by atoms with E-state index >= 15 is 0 Å². The standard InChI is InChI=1S/C7H17NO2.V/c1-8(4-2-6-9)5-3-7-10;/h9-10H,2-7H2,1H3;. The van der Waals surface area contributed by atoms with E-state index in [0.717, 1.165) is 25.9 Å². The molecule has 0 fully saturated rings. The first-order valence-corrected chi connectivity index (χ1v) is 3.71. The van der Waals surface area contributed by atoms with Gasteiger partial charge in [-0.2, -0.15) is 0 Å². The molecule has 1 radical (unpaired) electrons. The van der Waals surface area contributed by atoms with E-state index in [2.05, 4.69) is 4.90 Å². The Balaban J connectivity index is 0. The van der Waals surface area contributed by atoms with Gasteiger partial charge in [-0.3, -0.25) is 0 Å². The zero-order chi connectivity index (χ0) is 7.82. The fraction of sp³-hybridized carbons (Fsp3) is 1.00. The van der Waals surface area contributed by atoms with Crippen LogP contribution in [0.4, 0.5) is 0 Å². The van der Waals surface area contributed by atoms with E-state index in [9.17, 15) is 0 Å². The first kappa shape index (κ1) is 14.0. The van der Waals surface area contributed by atoms with E-state index in [1.165, 1.54) is 0 Å². The molecule has 0 aliphatic rings. The van der Waals surface area contributed by atoms with E-state index in [4.69, 9.17) is 10.2 Å². The molecule has 67 valence electrons. The Morgan fingerprint density at radius 1 is 1.00 bits per heavy atom. The first-order chi connectivity index (χ1) is 4.81. The Bertz CT molecular complexity index is 65.5. The molecule has 11 heavy (non-hydrogen) atoms. The smallest absolute Gasteiger partial charge is 0.0443 e. The van der Waals surface area contributed by atoms with Gasteiger partial charge < -0.3 is 15.1 Å². The van der Waals surface area contributed by atoms with Crippen LogP contribution in [0, 0.1) is 0 Å². The Kier molecular flexibility index (Phi) is 13.3. The van der Waals surface area contributed by atoms with E-state index in [-0.39, 0.29) is 31.8 Å². The van der Waals surface area contributed by atoms with Crippen LogP contribution in [-0.4, -0.2) is 48.5 Å². The van der Waals surface area contributed by atoms with Gasteiger partial charge in [-0.1, -0.05) is 0 Å². The van der Waals surface area contributed by atoms with Crippen molar-refractivity contribution in [1.82, 2.24) is 4.90 Å². The van der Waals surface area contributed by atoms with Crippen molar-refractivity contribution in [3.05, 3.63) is 0 Å². The van der Waals surface area contributed by atoms with Crippen molar-refractivity contribution in [2.75, 3.05) is 33.4 Å². The molecule has 0 saturated heterocycles. The third-order valence-corrected chi connectivity index (χ3v) is 1.40. The molecule has 0 amide bonds. The predicted molar refractivity (Wildman–Crippen MR) is 40.9 cm³/mol. The summed E-state index contributed by atoms with van der Waals surface area (Å²) in [7, 11) is 1.99. The SMILES string of the molecule is CN(CCCO)CCCO.[V]. The number of nitrogens with zero attached hydrogens (tertiary/aromatic N) is 1. The van der Waals surface area contributed by atoms with Gasteiger partial charge in [-0.15, -0.1) is 0 Å². The molecule has 0 atom stereocenters. The molecular weight excluding hydrogens is 181 g/mol. The topological polar surface area (TPSA) is 43.7 Å². The molecule has 0 aromatic carbocycles. The average molecular weight is 198 g/mol. The zero-order valence-corrected chi connectivity index (χ0v) is 8.43. The third kappa shape index (κ3) is 10.5. The van der Waals surface area contributed by atoms with Crippen molar-refractivity contribution in [3.8, 4) is 0 Å². The van der Waals surface area contributed by atoms with Crippen LogP contribution in [-0.2, 0) is 18.6 Å². The van der Waals surface area contributed by atoms with Gasteiger partial charge in [0.1, 0.15) is 0 Å². The minimum atomic E-state index is 0. The van der Waals surface area contributed by atoms with Crippen molar-refractivity contribution in [1.29, 1.82) is 0 Å². The fourth-order valence-corrected chi connectivity index (χ4v) is 0.793. The van der Waals surface area contributed by atoms with Crippen LogP contribution in [0.2, 0.25) is 0 Å². The van der Waals surface area contributed by atoms with Gasteiger partial charge in [0, 0.05) is 44.9 Å². The van der Waals surface area contributed by atoms with Crippen LogP contribution in [0.1, 0.15) is 12.8 Å². The molecular formula is C7H17NO2V. The van der Waals surface area contributed by atoms with Crippen molar-refractivity contribution < 1.29 is 28.8 Å². The van der Waals surface area contributed by atoms with Crippen LogP contribution in [0.15, 0.2) is 0 Å². The molecule has 0 saturated carbocycles. The van der Waals surface area contributed by atoms with E-state index in [1.807, 2.05) is 7.05 Å². The molecule has 0 aromatic rings. The van der Waals surface area contributed by atoms with E-state index in [1.54, 1.807) is 0 Å². The number of hydrogen-bond acceptors (Lipinski definition) is 3. The van der Waals surface area contributed by atoms with Crippen molar-refractivity contribution >= 4 is 0 Å².